The van der Waals surface area contributed by atoms with Crippen molar-refractivity contribution in [3.05, 3.63) is 48.8 Å². The molecular formula is C21H26N6O2S. The van der Waals surface area contributed by atoms with Crippen LogP contribution in [-0.2, 0) is 16.1 Å². The van der Waals surface area contributed by atoms with Crippen molar-refractivity contribution in [3.63, 3.8) is 0 Å². The fraction of sp³-hybridized carbons (Fsp3) is 0.333. The first-order valence-corrected chi connectivity index (χ1v) is 10.4. The Bertz CT molecular complexity index is 959. The van der Waals surface area contributed by atoms with E-state index in [2.05, 4.69) is 20.5 Å². The molecule has 1 aromatic carbocycles. The molecule has 0 radical (unpaired) electrons. The Kier molecular flexibility index (Phi) is 7.42. The molecule has 8 nitrogen and oxygen atoms in total. The fourth-order valence-electron chi connectivity index (χ4n) is 2.77. The van der Waals surface area contributed by atoms with Crippen LogP contribution < -0.4 is 10.2 Å². The third-order valence-corrected chi connectivity index (χ3v) is 5.56. The number of pyridine rings is 1. The second kappa shape index (κ2) is 10.2. The summed E-state index contributed by atoms with van der Waals surface area (Å²) in [6.45, 7) is 2.96. The maximum Gasteiger partial charge on any atom is 0.237 e. The second-order valence-electron chi connectivity index (χ2n) is 6.88. The van der Waals surface area contributed by atoms with Gasteiger partial charge in [-0.1, -0.05) is 11.8 Å². The molecule has 0 aliphatic heterocycles. The summed E-state index contributed by atoms with van der Waals surface area (Å²) in [6.07, 6.45) is 3.43. The largest absolute Gasteiger partial charge is 0.383 e. The van der Waals surface area contributed by atoms with Gasteiger partial charge in [0.25, 0.3) is 0 Å². The fourth-order valence-corrected chi connectivity index (χ4v) is 3.65. The lowest BCUT2D eigenvalue weighted by Crippen LogP contribution is -2.23. The number of thioether (sulfide) groups is 1. The van der Waals surface area contributed by atoms with Crippen molar-refractivity contribution >= 4 is 29.0 Å². The van der Waals surface area contributed by atoms with Gasteiger partial charge in [0.2, 0.25) is 5.91 Å². The summed E-state index contributed by atoms with van der Waals surface area (Å²) in [5, 5.41) is 11.9. The summed E-state index contributed by atoms with van der Waals surface area (Å²) in [5.41, 5.74) is 2.75. The highest BCUT2D eigenvalue weighted by Crippen LogP contribution is 2.27. The molecule has 0 saturated heterocycles. The molecule has 0 unspecified atom stereocenters. The van der Waals surface area contributed by atoms with Gasteiger partial charge in [-0.05, 0) is 43.3 Å². The number of benzene rings is 1. The van der Waals surface area contributed by atoms with Gasteiger partial charge in [-0.25, -0.2) is 0 Å². The molecule has 1 N–H and O–H groups in total. The average molecular weight is 427 g/mol. The molecule has 3 aromatic rings. The van der Waals surface area contributed by atoms with Gasteiger partial charge in [0.15, 0.2) is 11.0 Å². The smallest absolute Gasteiger partial charge is 0.237 e. The lowest BCUT2D eigenvalue weighted by molar-refractivity contribution is -0.115. The SMILES string of the molecule is COCCn1c(S[C@@H](C)C(=O)Nc2ccc(N(C)C)cc2)nnc1-c1ccncc1. The molecule has 1 atom stereocenters. The highest BCUT2D eigenvalue weighted by Gasteiger charge is 2.21. The van der Waals surface area contributed by atoms with Gasteiger partial charge < -0.3 is 15.0 Å². The quantitative estimate of drug-likeness (QED) is 0.526. The Morgan fingerprint density at radius 3 is 2.50 bits per heavy atom. The zero-order chi connectivity index (χ0) is 21.5. The standard InChI is InChI=1S/C21H26N6O2S/c1-15(20(28)23-17-5-7-18(8-6-17)26(2)3)30-21-25-24-19(27(21)13-14-29-4)16-9-11-22-12-10-16/h5-12,15H,13-14H2,1-4H3,(H,23,28)/t15-/m0/s1. The molecule has 0 aliphatic rings. The predicted octanol–water partition coefficient (Wildman–Crippen LogP) is 3.17. The minimum absolute atomic E-state index is 0.0932. The van der Waals surface area contributed by atoms with Crippen LogP contribution in [0.2, 0.25) is 0 Å². The van der Waals surface area contributed by atoms with Crippen LogP contribution >= 0.6 is 11.8 Å². The number of anilines is 2. The number of nitrogens with zero attached hydrogens (tertiary/aromatic N) is 5. The lowest BCUT2D eigenvalue weighted by Gasteiger charge is -2.15. The summed E-state index contributed by atoms with van der Waals surface area (Å²) in [6, 6.07) is 11.5. The lowest BCUT2D eigenvalue weighted by atomic mass is 10.2. The zero-order valence-corrected chi connectivity index (χ0v) is 18.4. The molecule has 158 valence electrons. The molecule has 0 bridgehead atoms. The molecular weight excluding hydrogens is 400 g/mol. The van der Waals surface area contributed by atoms with Gasteiger partial charge in [-0.2, -0.15) is 0 Å². The number of hydrogen-bond donors (Lipinski definition) is 1. The zero-order valence-electron chi connectivity index (χ0n) is 17.6. The molecule has 0 fully saturated rings. The third-order valence-electron chi connectivity index (χ3n) is 4.48. The number of carbonyl (C=O) groups excluding carboxylic acids is 1. The van der Waals surface area contributed by atoms with Crippen LogP contribution in [0.4, 0.5) is 11.4 Å². The maximum absolute atomic E-state index is 12.7. The maximum atomic E-state index is 12.7. The van der Waals surface area contributed by atoms with Crippen LogP contribution in [-0.4, -0.2) is 58.7 Å². The third kappa shape index (κ3) is 5.37. The van der Waals surface area contributed by atoms with Gasteiger partial charge >= 0.3 is 0 Å². The molecule has 3 rings (SSSR count). The van der Waals surface area contributed by atoms with E-state index in [0.717, 1.165) is 22.8 Å². The van der Waals surface area contributed by atoms with Crippen molar-refractivity contribution in [2.45, 2.75) is 23.9 Å². The van der Waals surface area contributed by atoms with Crippen molar-refractivity contribution in [2.75, 3.05) is 38.0 Å². The van der Waals surface area contributed by atoms with E-state index < -0.39 is 0 Å². The van der Waals surface area contributed by atoms with Crippen molar-refractivity contribution < 1.29 is 9.53 Å². The summed E-state index contributed by atoms with van der Waals surface area (Å²) in [5.74, 6) is 0.633. The molecule has 30 heavy (non-hydrogen) atoms. The van der Waals surface area contributed by atoms with Gasteiger partial charge in [-0.3, -0.25) is 14.3 Å². The van der Waals surface area contributed by atoms with Crippen LogP contribution in [0.25, 0.3) is 11.4 Å². The van der Waals surface area contributed by atoms with Crippen molar-refractivity contribution in [1.29, 1.82) is 0 Å². The van der Waals surface area contributed by atoms with Crippen LogP contribution in [0.15, 0.2) is 53.9 Å². The van der Waals surface area contributed by atoms with Crippen molar-refractivity contribution in [2.24, 2.45) is 0 Å². The number of amides is 1. The number of aromatic nitrogens is 4. The molecule has 2 aromatic heterocycles. The van der Waals surface area contributed by atoms with E-state index in [0.29, 0.717) is 18.3 Å². The van der Waals surface area contributed by atoms with Crippen molar-refractivity contribution in [3.8, 4) is 11.4 Å². The minimum atomic E-state index is -0.352. The number of ether oxygens (including phenoxy) is 1. The topological polar surface area (TPSA) is 85.2 Å². The Morgan fingerprint density at radius 2 is 1.87 bits per heavy atom. The van der Waals surface area contributed by atoms with Crippen LogP contribution in [0.5, 0.6) is 0 Å². The molecule has 1 amide bonds. The van der Waals surface area contributed by atoms with Gasteiger partial charge in [0, 0.05) is 50.5 Å². The van der Waals surface area contributed by atoms with Crippen LogP contribution in [0, 0.1) is 0 Å². The van der Waals surface area contributed by atoms with Crippen LogP contribution in [0.1, 0.15) is 6.92 Å². The summed E-state index contributed by atoms with van der Waals surface area (Å²) in [4.78, 5) is 18.8. The number of carbonyl (C=O) groups is 1. The van der Waals surface area contributed by atoms with Gasteiger partial charge in [-0.15, -0.1) is 10.2 Å². The highest BCUT2D eigenvalue weighted by atomic mass is 32.2. The molecule has 0 saturated carbocycles. The Morgan fingerprint density at radius 1 is 1.17 bits per heavy atom. The Balaban J connectivity index is 1.72. The monoisotopic (exact) mass is 426 g/mol. The Hall–Kier alpha value is -2.91. The normalized spacial score (nSPS) is 11.9. The predicted molar refractivity (Wildman–Crippen MR) is 120 cm³/mol. The van der Waals surface area contributed by atoms with Crippen LogP contribution in [0.3, 0.4) is 0 Å². The van der Waals surface area contributed by atoms with Gasteiger partial charge in [0.1, 0.15) is 0 Å². The minimum Gasteiger partial charge on any atom is -0.383 e. The first-order chi connectivity index (χ1) is 14.5. The van der Waals surface area contributed by atoms with E-state index in [1.54, 1.807) is 19.5 Å². The first kappa shape index (κ1) is 21.8. The molecule has 9 heteroatoms. The first-order valence-electron chi connectivity index (χ1n) is 9.57. The van der Waals surface area contributed by atoms with Crippen molar-refractivity contribution in [1.82, 2.24) is 19.7 Å². The van der Waals surface area contributed by atoms with E-state index in [-0.39, 0.29) is 11.2 Å². The number of nitrogens with one attached hydrogen (secondary N) is 1. The van der Waals surface area contributed by atoms with Gasteiger partial charge in [0.05, 0.1) is 18.4 Å². The number of methoxy groups -OCH3 is 1. The van der Waals surface area contributed by atoms with E-state index in [1.165, 1.54) is 11.8 Å². The van der Waals surface area contributed by atoms with E-state index >= 15 is 0 Å². The number of hydrogen-bond acceptors (Lipinski definition) is 7. The van der Waals surface area contributed by atoms with E-state index in [1.807, 2.05) is 66.9 Å². The summed E-state index contributed by atoms with van der Waals surface area (Å²) >= 11 is 1.37. The van der Waals surface area contributed by atoms with E-state index in [4.69, 9.17) is 4.74 Å². The summed E-state index contributed by atoms with van der Waals surface area (Å²) in [7, 11) is 5.61. The Labute approximate surface area is 180 Å². The summed E-state index contributed by atoms with van der Waals surface area (Å²) < 4.78 is 7.21. The average Bonchev–Trinajstić information content (AvgIpc) is 3.15. The second-order valence-corrected chi connectivity index (χ2v) is 8.19. The molecule has 0 spiro atoms. The van der Waals surface area contributed by atoms with E-state index in [9.17, 15) is 4.79 Å². The molecule has 0 aliphatic carbocycles. The number of rotatable bonds is 9. The molecule has 2 heterocycles. The highest BCUT2D eigenvalue weighted by molar-refractivity contribution is 8.00.